The zero-order valence-electron chi connectivity index (χ0n) is 11.4. The van der Waals surface area contributed by atoms with E-state index in [1.54, 1.807) is 0 Å². The third-order valence-corrected chi connectivity index (χ3v) is 2.80. The van der Waals surface area contributed by atoms with Gasteiger partial charge in [-0.15, -0.1) is 0 Å². The van der Waals surface area contributed by atoms with Crippen LogP contribution in [0.2, 0.25) is 0 Å². The van der Waals surface area contributed by atoms with E-state index in [-0.39, 0.29) is 6.29 Å². The minimum absolute atomic E-state index is 0.0914. The van der Waals surface area contributed by atoms with E-state index in [4.69, 9.17) is 9.47 Å². The van der Waals surface area contributed by atoms with Crippen molar-refractivity contribution in [3.63, 3.8) is 0 Å². The van der Waals surface area contributed by atoms with Crippen LogP contribution in [0.1, 0.15) is 31.9 Å². The smallest absolute Gasteiger partial charge is 0.160 e. The van der Waals surface area contributed by atoms with Crippen LogP contribution in [0.3, 0.4) is 0 Å². The molecule has 2 heteroatoms. The molecule has 1 unspecified atom stereocenters. The number of rotatable bonds is 7. The first kappa shape index (κ1) is 14.2. The Kier molecular flexibility index (Phi) is 6.23. The van der Waals surface area contributed by atoms with Crippen LogP contribution < -0.4 is 0 Å². The second kappa shape index (κ2) is 7.46. The summed E-state index contributed by atoms with van der Waals surface area (Å²) in [5, 5.41) is 0. The van der Waals surface area contributed by atoms with Gasteiger partial charge in [0.25, 0.3) is 0 Å². The van der Waals surface area contributed by atoms with Gasteiger partial charge in [0.2, 0.25) is 0 Å². The van der Waals surface area contributed by atoms with Crippen molar-refractivity contribution in [3.05, 3.63) is 35.4 Å². The highest BCUT2D eigenvalue weighted by atomic mass is 16.7. The predicted molar refractivity (Wildman–Crippen MR) is 71.1 cm³/mol. The summed E-state index contributed by atoms with van der Waals surface area (Å²) in [4.78, 5) is 0. The monoisotopic (exact) mass is 236 g/mol. The topological polar surface area (TPSA) is 18.5 Å². The number of hydrogen-bond acceptors (Lipinski definition) is 2. The summed E-state index contributed by atoms with van der Waals surface area (Å²) in [6.07, 6.45) is 0.900. The van der Waals surface area contributed by atoms with Crippen molar-refractivity contribution in [3.8, 4) is 0 Å². The molecular formula is C15H24O2. The fraction of sp³-hybridized carbons (Fsp3) is 0.600. The maximum atomic E-state index is 5.62. The van der Waals surface area contributed by atoms with Crippen LogP contribution in [0.25, 0.3) is 0 Å². The molecule has 0 aliphatic carbocycles. The Labute approximate surface area is 105 Å². The van der Waals surface area contributed by atoms with Gasteiger partial charge in [-0.05, 0) is 32.8 Å². The highest BCUT2D eigenvalue weighted by molar-refractivity contribution is 5.21. The first-order valence-corrected chi connectivity index (χ1v) is 6.46. The Bertz CT molecular complexity index is 299. The molecule has 2 nitrogen and oxygen atoms in total. The zero-order valence-corrected chi connectivity index (χ0v) is 11.4. The number of hydrogen-bond donors (Lipinski definition) is 0. The molecule has 0 fully saturated rings. The first-order chi connectivity index (χ1) is 8.17. The average Bonchev–Trinajstić information content (AvgIpc) is 2.32. The van der Waals surface area contributed by atoms with Gasteiger partial charge in [-0.25, -0.2) is 0 Å². The molecule has 1 rings (SSSR count). The first-order valence-electron chi connectivity index (χ1n) is 6.46. The Morgan fingerprint density at radius 2 is 1.53 bits per heavy atom. The molecule has 0 heterocycles. The van der Waals surface area contributed by atoms with Gasteiger partial charge in [0.05, 0.1) is 0 Å². The molecule has 0 aliphatic heterocycles. The van der Waals surface area contributed by atoms with Crippen LogP contribution >= 0.6 is 0 Å². The van der Waals surface area contributed by atoms with Crippen molar-refractivity contribution in [1.29, 1.82) is 0 Å². The summed E-state index contributed by atoms with van der Waals surface area (Å²) < 4.78 is 11.2. The van der Waals surface area contributed by atoms with Crippen molar-refractivity contribution in [2.24, 2.45) is 5.92 Å². The second-order valence-corrected chi connectivity index (χ2v) is 4.45. The number of benzene rings is 1. The second-order valence-electron chi connectivity index (χ2n) is 4.45. The van der Waals surface area contributed by atoms with Gasteiger partial charge in [0.1, 0.15) is 0 Å². The van der Waals surface area contributed by atoms with Crippen LogP contribution in [0.15, 0.2) is 24.3 Å². The van der Waals surface area contributed by atoms with Crippen LogP contribution in [0.4, 0.5) is 0 Å². The Balaban J connectivity index is 2.55. The minimum Gasteiger partial charge on any atom is -0.353 e. The molecule has 0 aliphatic rings. The van der Waals surface area contributed by atoms with Gasteiger partial charge in [-0.2, -0.15) is 0 Å². The van der Waals surface area contributed by atoms with Gasteiger partial charge in [0.15, 0.2) is 6.29 Å². The van der Waals surface area contributed by atoms with Gasteiger partial charge in [0, 0.05) is 19.1 Å². The number of aryl methyl sites for hydroxylation is 1. The van der Waals surface area contributed by atoms with E-state index < -0.39 is 0 Å². The Morgan fingerprint density at radius 3 is 2.00 bits per heavy atom. The molecule has 0 saturated heterocycles. The standard InChI is InChI=1S/C15H24O2/c1-5-16-15(17-6-2)13(4)11-14-9-7-12(3)8-10-14/h7-10,13,15H,5-6,11H2,1-4H3. The molecule has 17 heavy (non-hydrogen) atoms. The molecule has 0 bridgehead atoms. The summed E-state index contributed by atoms with van der Waals surface area (Å²) in [6, 6.07) is 8.67. The maximum absolute atomic E-state index is 5.62. The summed E-state index contributed by atoms with van der Waals surface area (Å²) in [7, 11) is 0. The highest BCUT2D eigenvalue weighted by Gasteiger charge is 2.17. The van der Waals surface area contributed by atoms with Crippen LogP contribution in [-0.2, 0) is 15.9 Å². The minimum atomic E-state index is -0.0914. The van der Waals surface area contributed by atoms with Gasteiger partial charge in [-0.3, -0.25) is 0 Å². The quantitative estimate of drug-likeness (QED) is 0.674. The summed E-state index contributed by atoms with van der Waals surface area (Å²) in [6.45, 7) is 9.69. The molecule has 1 aromatic carbocycles. The summed E-state index contributed by atoms with van der Waals surface area (Å²) in [5.41, 5.74) is 2.64. The van der Waals surface area contributed by atoms with Crippen LogP contribution in [0, 0.1) is 12.8 Å². The summed E-state index contributed by atoms with van der Waals surface area (Å²) >= 11 is 0. The maximum Gasteiger partial charge on any atom is 0.160 e. The van der Waals surface area contributed by atoms with Gasteiger partial charge in [-0.1, -0.05) is 36.8 Å². The lowest BCUT2D eigenvalue weighted by Gasteiger charge is -2.23. The lowest BCUT2D eigenvalue weighted by Crippen LogP contribution is -2.27. The predicted octanol–water partition coefficient (Wildman–Crippen LogP) is 3.57. The molecule has 0 amide bonds. The van der Waals surface area contributed by atoms with E-state index in [1.165, 1.54) is 11.1 Å². The Hall–Kier alpha value is -0.860. The lowest BCUT2D eigenvalue weighted by atomic mass is 10.00. The molecule has 1 aromatic rings. The largest absolute Gasteiger partial charge is 0.353 e. The van der Waals surface area contributed by atoms with E-state index in [0.29, 0.717) is 19.1 Å². The van der Waals surface area contributed by atoms with Gasteiger partial charge >= 0.3 is 0 Å². The number of ether oxygens (including phenoxy) is 2. The molecule has 0 aromatic heterocycles. The van der Waals surface area contributed by atoms with Crippen molar-refractivity contribution >= 4 is 0 Å². The molecule has 1 atom stereocenters. The fourth-order valence-corrected chi connectivity index (χ4v) is 1.90. The van der Waals surface area contributed by atoms with Gasteiger partial charge < -0.3 is 9.47 Å². The lowest BCUT2D eigenvalue weighted by molar-refractivity contribution is -0.163. The van der Waals surface area contributed by atoms with Crippen LogP contribution in [0.5, 0.6) is 0 Å². The Morgan fingerprint density at radius 1 is 1.00 bits per heavy atom. The third kappa shape index (κ3) is 4.88. The SMILES string of the molecule is CCOC(OCC)C(C)Cc1ccc(C)cc1. The van der Waals surface area contributed by atoms with E-state index >= 15 is 0 Å². The molecule has 0 saturated carbocycles. The van der Waals surface area contributed by atoms with E-state index in [9.17, 15) is 0 Å². The third-order valence-electron chi connectivity index (χ3n) is 2.80. The van der Waals surface area contributed by atoms with Crippen molar-refractivity contribution in [2.75, 3.05) is 13.2 Å². The molecule has 0 spiro atoms. The van der Waals surface area contributed by atoms with Crippen molar-refractivity contribution in [2.45, 2.75) is 40.4 Å². The molecular weight excluding hydrogens is 212 g/mol. The fourth-order valence-electron chi connectivity index (χ4n) is 1.90. The molecule has 0 radical (unpaired) electrons. The van der Waals surface area contributed by atoms with E-state index in [0.717, 1.165) is 6.42 Å². The van der Waals surface area contributed by atoms with E-state index in [2.05, 4.69) is 38.1 Å². The highest BCUT2D eigenvalue weighted by Crippen LogP contribution is 2.16. The molecule has 96 valence electrons. The van der Waals surface area contributed by atoms with Crippen molar-refractivity contribution < 1.29 is 9.47 Å². The molecule has 0 N–H and O–H groups in total. The summed E-state index contributed by atoms with van der Waals surface area (Å²) in [5.74, 6) is 0.373. The van der Waals surface area contributed by atoms with Crippen LogP contribution in [-0.4, -0.2) is 19.5 Å². The van der Waals surface area contributed by atoms with E-state index in [1.807, 2.05) is 13.8 Å². The van der Waals surface area contributed by atoms with Crippen molar-refractivity contribution in [1.82, 2.24) is 0 Å². The average molecular weight is 236 g/mol. The zero-order chi connectivity index (χ0) is 12.7. The normalized spacial score (nSPS) is 13.0.